The van der Waals surface area contributed by atoms with Crippen LogP contribution in [0.25, 0.3) is 0 Å². The molecule has 2 rings (SSSR count). The van der Waals surface area contributed by atoms with Crippen LogP contribution in [0, 0.1) is 5.41 Å². The Morgan fingerprint density at radius 2 is 1.85 bits per heavy atom. The van der Waals surface area contributed by atoms with Crippen molar-refractivity contribution in [3.63, 3.8) is 0 Å². The summed E-state index contributed by atoms with van der Waals surface area (Å²) in [6, 6.07) is 0.256. The average Bonchev–Trinajstić information content (AvgIpc) is 3.15. The number of guanidine groups is 1. The Bertz CT molecular complexity index is 535. The molecule has 0 aromatic rings. The van der Waals surface area contributed by atoms with Gasteiger partial charge in [0.1, 0.15) is 0 Å². The zero-order valence-electron chi connectivity index (χ0n) is 17.2. The van der Waals surface area contributed by atoms with Gasteiger partial charge in [0, 0.05) is 46.8 Å². The largest absolute Gasteiger partial charge is 0.450 e. The molecule has 1 aliphatic heterocycles. The van der Waals surface area contributed by atoms with Gasteiger partial charge in [-0.25, -0.2) is 4.79 Å². The minimum atomic E-state index is -0.325. The number of amides is 2. The highest BCUT2D eigenvalue weighted by atomic mass is 16.6. The van der Waals surface area contributed by atoms with Gasteiger partial charge in [-0.15, -0.1) is 0 Å². The third-order valence-corrected chi connectivity index (χ3v) is 5.60. The van der Waals surface area contributed by atoms with Crippen LogP contribution < -0.4 is 10.6 Å². The van der Waals surface area contributed by atoms with Crippen LogP contribution in [-0.2, 0) is 9.53 Å². The molecule has 8 heteroatoms. The minimum absolute atomic E-state index is 0.200. The zero-order chi connectivity index (χ0) is 19.9. The maximum absolute atomic E-state index is 12.7. The van der Waals surface area contributed by atoms with Crippen molar-refractivity contribution < 1.29 is 14.3 Å². The van der Waals surface area contributed by atoms with Crippen molar-refractivity contribution in [2.45, 2.75) is 51.5 Å². The summed E-state index contributed by atoms with van der Waals surface area (Å²) < 4.78 is 5.06. The molecule has 154 valence electrons. The highest BCUT2D eigenvalue weighted by Gasteiger charge is 2.42. The van der Waals surface area contributed by atoms with E-state index < -0.39 is 0 Å². The van der Waals surface area contributed by atoms with E-state index in [-0.39, 0.29) is 23.5 Å². The summed E-state index contributed by atoms with van der Waals surface area (Å²) in [5, 5.41) is 6.82. The van der Waals surface area contributed by atoms with Gasteiger partial charge in [0.2, 0.25) is 5.91 Å². The molecule has 1 saturated carbocycles. The number of likely N-dealkylation sites (tertiary alicyclic amines) is 1. The summed E-state index contributed by atoms with van der Waals surface area (Å²) in [7, 11) is 5.40. The van der Waals surface area contributed by atoms with Crippen molar-refractivity contribution in [2.24, 2.45) is 10.4 Å². The number of piperidine rings is 1. The van der Waals surface area contributed by atoms with Crippen molar-refractivity contribution in [1.29, 1.82) is 0 Å². The third-order valence-electron chi connectivity index (χ3n) is 5.60. The molecule has 2 fully saturated rings. The lowest BCUT2D eigenvalue weighted by Crippen LogP contribution is -2.53. The fraction of sp³-hybridized carbons (Fsp3) is 0.842. The van der Waals surface area contributed by atoms with E-state index >= 15 is 0 Å². The normalized spacial score (nSPS) is 20.3. The second-order valence-corrected chi connectivity index (χ2v) is 7.72. The lowest BCUT2D eigenvalue weighted by atomic mass is 9.84. The number of rotatable bonds is 5. The lowest BCUT2D eigenvalue weighted by Gasteiger charge is -2.34. The molecule has 0 aromatic carbocycles. The Morgan fingerprint density at radius 3 is 2.37 bits per heavy atom. The van der Waals surface area contributed by atoms with Crippen LogP contribution in [0.15, 0.2) is 4.99 Å². The standard InChI is InChI=1S/C19H35N5O3/c1-5-27-18(26)24-12-8-15(9-13-24)22-17(20-2)21-14-19(10-6-7-11-19)16(25)23(3)4/h15H,5-14H2,1-4H3,(H2,20,21,22). The number of nitrogens with one attached hydrogen (secondary N) is 2. The van der Waals surface area contributed by atoms with E-state index in [1.165, 1.54) is 0 Å². The predicted molar refractivity (Wildman–Crippen MR) is 106 cm³/mol. The van der Waals surface area contributed by atoms with Crippen LogP contribution in [0.5, 0.6) is 0 Å². The lowest BCUT2D eigenvalue weighted by molar-refractivity contribution is -0.138. The Labute approximate surface area is 162 Å². The number of hydrogen-bond acceptors (Lipinski definition) is 4. The summed E-state index contributed by atoms with van der Waals surface area (Å²) in [4.78, 5) is 32.3. The monoisotopic (exact) mass is 381 g/mol. The number of aliphatic imine (C=N–C) groups is 1. The quantitative estimate of drug-likeness (QED) is 0.556. The molecule has 0 spiro atoms. The van der Waals surface area contributed by atoms with Crippen molar-refractivity contribution >= 4 is 18.0 Å². The van der Waals surface area contributed by atoms with Crippen molar-refractivity contribution in [3.8, 4) is 0 Å². The summed E-state index contributed by atoms with van der Waals surface area (Å²) in [5.74, 6) is 0.924. The van der Waals surface area contributed by atoms with Gasteiger partial charge in [-0.05, 0) is 32.6 Å². The molecule has 0 unspecified atom stereocenters. The van der Waals surface area contributed by atoms with E-state index in [1.807, 2.05) is 21.0 Å². The fourth-order valence-corrected chi connectivity index (χ4v) is 4.05. The van der Waals surface area contributed by atoms with E-state index in [2.05, 4.69) is 15.6 Å². The molecule has 0 radical (unpaired) electrons. The molecule has 2 aliphatic rings. The zero-order valence-corrected chi connectivity index (χ0v) is 17.2. The molecular formula is C19H35N5O3. The molecule has 0 atom stereocenters. The first-order chi connectivity index (χ1) is 12.9. The number of carbonyl (C=O) groups excluding carboxylic acids is 2. The predicted octanol–water partition coefficient (Wildman–Crippen LogP) is 1.42. The van der Waals surface area contributed by atoms with Crippen molar-refractivity contribution in [2.75, 3.05) is 47.4 Å². The van der Waals surface area contributed by atoms with Crippen LogP contribution >= 0.6 is 0 Å². The summed E-state index contributed by atoms with van der Waals surface area (Å²) >= 11 is 0. The maximum Gasteiger partial charge on any atom is 0.409 e. The number of ether oxygens (including phenoxy) is 1. The summed E-state index contributed by atoms with van der Waals surface area (Å²) in [6.07, 6.45) is 5.50. The highest BCUT2D eigenvalue weighted by Crippen LogP contribution is 2.38. The average molecular weight is 382 g/mol. The van der Waals surface area contributed by atoms with E-state index in [0.29, 0.717) is 26.2 Å². The first-order valence-corrected chi connectivity index (χ1v) is 10.0. The van der Waals surface area contributed by atoms with Crippen molar-refractivity contribution in [1.82, 2.24) is 20.4 Å². The van der Waals surface area contributed by atoms with Gasteiger partial charge in [0.05, 0.1) is 12.0 Å². The van der Waals surface area contributed by atoms with Gasteiger partial charge in [0.15, 0.2) is 5.96 Å². The Balaban J connectivity index is 1.84. The topological polar surface area (TPSA) is 86.3 Å². The Morgan fingerprint density at radius 1 is 1.22 bits per heavy atom. The van der Waals surface area contributed by atoms with E-state index in [0.717, 1.165) is 44.5 Å². The molecule has 27 heavy (non-hydrogen) atoms. The van der Waals surface area contributed by atoms with Crippen LogP contribution in [0.2, 0.25) is 0 Å². The van der Waals surface area contributed by atoms with Gasteiger partial charge in [-0.3, -0.25) is 9.79 Å². The maximum atomic E-state index is 12.7. The molecule has 2 amide bonds. The van der Waals surface area contributed by atoms with Gasteiger partial charge in [-0.1, -0.05) is 12.8 Å². The second-order valence-electron chi connectivity index (χ2n) is 7.72. The fourth-order valence-electron chi connectivity index (χ4n) is 4.05. The molecule has 0 aromatic heterocycles. The molecular weight excluding hydrogens is 346 g/mol. The highest BCUT2D eigenvalue weighted by molar-refractivity contribution is 5.85. The first-order valence-electron chi connectivity index (χ1n) is 10.0. The number of hydrogen-bond donors (Lipinski definition) is 2. The molecule has 2 N–H and O–H groups in total. The number of carbonyl (C=O) groups is 2. The van der Waals surface area contributed by atoms with Crippen LogP contribution in [0.4, 0.5) is 4.79 Å². The molecule has 1 heterocycles. The van der Waals surface area contributed by atoms with Gasteiger partial charge in [-0.2, -0.15) is 0 Å². The van der Waals surface area contributed by atoms with Crippen LogP contribution in [0.3, 0.4) is 0 Å². The SMILES string of the molecule is CCOC(=O)N1CCC(NC(=NC)NCC2(C(=O)N(C)C)CCCC2)CC1. The van der Waals surface area contributed by atoms with E-state index in [4.69, 9.17) is 4.74 Å². The van der Waals surface area contributed by atoms with Crippen LogP contribution in [-0.4, -0.2) is 81.2 Å². The minimum Gasteiger partial charge on any atom is -0.450 e. The van der Waals surface area contributed by atoms with Crippen LogP contribution in [0.1, 0.15) is 45.4 Å². The Kier molecular flexibility index (Phi) is 7.74. The number of nitrogens with zero attached hydrogens (tertiary/aromatic N) is 3. The van der Waals surface area contributed by atoms with E-state index in [9.17, 15) is 9.59 Å². The third kappa shape index (κ3) is 5.49. The molecule has 8 nitrogen and oxygen atoms in total. The van der Waals surface area contributed by atoms with E-state index in [1.54, 1.807) is 16.8 Å². The van der Waals surface area contributed by atoms with Crippen molar-refractivity contribution in [3.05, 3.63) is 0 Å². The molecule has 1 aliphatic carbocycles. The smallest absolute Gasteiger partial charge is 0.409 e. The van der Waals surface area contributed by atoms with Gasteiger partial charge in [0.25, 0.3) is 0 Å². The first kappa shape index (κ1) is 21.3. The van der Waals surface area contributed by atoms with Gasteiger partial charge >= 0.3 is 6.09 Å². The summed E-state index contributed by atoms with van der Waals surface area (Å²) in [6.45, 7) is 4.18. The molecule has 0 bridgehead atoms. The Hall–Kier alpha value is -1.99. The van der Waals surface area contributed by atoms with Gasteiger partial charge < -0.3 is 25.2 Å². The second kappa shape index (κ2) is 9.80. The summed E-state index contributed by atoms with van der Waals surface area (Å²) in [5.41, 5.74) is -0.325. The molecule has 1 saturated heterocycles.